The summed E-state index contributed by atoms with van der Waals surface area (Å²) >= 11 is 5.55. The molecule has 0 aromatic rings. The molecule has 2 heteroatoms. The van der Waals surface area contributed by atoms with Crippen LogP contribution in [-0.2, 0) is 4.79 Å². The molecule has 0 aliphatic carbocycles. The summed E-state index contributed by atoms with van der Waals surface area (Å²) in [5.41, 5.74) is 0. The Labute approximate surface area is 86.9 Å². The number of carbonyl (C=O) groups is 1. The highest BCUT2D eigenvalue weighted by molar-refractivity contribution is 6.17. The molecule has 0 bridgehead atoms. The molecule has 0 saturated heterocycles. The molecule has 1 unspecified atom stereocenters. The fourth-order valence-corrected chi connectivity index (χ4v) is 1.62. The predicted octanol–water partition coefficient (Wildman–Crippen LogP) is 3.79. The van der Waals surface area contributed by atoms with Gasteiger partial charge in [0.1, 0.15) is 5.78 Å². The summed E-state index contributed by atoms with van der Waals surface area (Å²) < 4.78 is 0. The van der Waals surface area contributed by atoms with Crippen molar-refractivity contribution in [3.8, 4) is 0 Å². The molecule has 1 atom stereocenters. The Morgan fingerprint density at radius 3 is 2.46 bits per heavy atom. The van der Waals surface area contributed by atoms with Crippen molar-refractivity contribution in [2.24, 2.45) is 5.92 Å². The molecule has 0 amide bonds. The second-order valence-electron chi connectivity index (χ2n) is 3.51. The minimum atomic E-state index is 0.295. The number of rotatable bonds is 8. The van der Waals surface area contributed by atoms with Gasteiger partial charge in [-0.2, -0.15) is 0 Å². The molecule has 0 radical (unpaired) electrons. The van der Waals surface area contributed by atoms with Gasteiger partial charge in [0.2, 0.25) is 0 Å². The highest BCUT2D eigenvalue weighted by atomic mass is 35.5. The summed E-state index contributed by atoms with van der Waals surface area (Å²) in [5, 5.41) is 0. The van der Waals surface area contributed by atoms with E-state index in [9.17, 15) is 4.79 Å². The van der Waals surface area contributed by atoms with E-state index in [-0.39, 0.29) is 0 Å². The van der Waals surface area contributed by atoms with Crippen molar-refractivity contribution >= 4 is 17.4 Å². The summed E-state index contributed by atoms with van der Waals surface area (Å²) in [6.45, 7) is 4.26. The Hall–Kier alpha value is -0.0400. The summed E-state index contributed by atoms with van der Waals surface area (Å²) in [4.78, 5) is 11.6. The van der Waals surface area contributed by atoms with E-state index in [2.05, 4.69) is 13.8 Å². The predicted molar refractivity (Wildman–Crippen MR) is 58.3 cm³/mol. The van der Waals surface area contributed by atoms with Gasteiger partial charge in [0.05, 0.1) is 0 Å². The van der Waals surface area contributed by atoms with Crippen molar-refractivity contribution in [2.45, 2.75) is 52.4 Å². The quantitative estimate of drug-likeness (QED) is 0.550. The highest BCUT2D eigenvalue weighted by Crippen LogP contribution is 2.16. The van der Waals surface area contributed by atoms with Crippen LogP contribution in [0, 0.1) is 5.92 Å². The maximum atomic E-state index is 11.6. The van der Waals surface area contributed by atoms with E-state index >= 15 is 0 Å². The summed E-state index contributed by atoms with van der Waals surface area (Å²) in [6.07, 6.45) is 5.91. The van der Waals surface area contributed by atoms with Gasteiger partial charge in [0.15, 0.2) is 0 Å². The molecular formula is C11H21ClO. The number of carbonyl (C=O) groups excluding carboxylic acids is 1. The second kappa shape index (κ2) is 8.55. The van der Waals surface area contributed by atoms with Gasteiger partial charge in [-0.25, -0.2) is 0 Å². The van der Waals surface area contributed by atoms with E-state index in [0.29, 0.717) is 24.0 Å². The highest BCUT2D eigenvalue weighted by Gasteiger charge is 2.14. The smallest absolute Gasteiger partial charge is 0.136 e. The number of ketones is 1. The number of unbranched alkanes of at least 4 members (excludes halogenated alkanes) is 1. The molecule has 0 saturated carbocycles. The van der Waals surface area contributed by atoms with Gasteiger partial charge >= 0.3 is 0 Å². The maximum absolute atomic E-state index is 11.6. The van der Waals surface area contributed by atoms with Crippen molar-refractivity contribution in [1.29, 1.82) is 0 Å². The van der Waals surface area contributed by atoms with Gasteiger partial charge < -0.3 is 0 Å². The van der Waals surface area contributed by atoms with Crippen molar-refractivity contribution in [1.82, 2.24) is 0 Å². The van der Waals surface area contributed by atoms with Crippen molar-refractivity contribution in [2.75, 3.05) is 5.88 Å². The third kappa shape index (κ3) is 6.09. The van der Waals surface area contributed by atoms with E-state index in [1.165, 1.54) is 12.8 Å². The fourth-order valence-electron chi connectivity index (χ4n) is 1.49. The number of hydrogen-bond donors (Lipinski definition) is 0. The van der Waals surface area contributed by atoms with Gasteiger partial charge in [-0.3, -0.25) is 4.79 Å². The first kappa shape index (κ1) is 13.0. The topological polar surface area (TPSA) is 17.1 Å². The molecule has 0 aromatic carbocycles. The zero-order valence-electron chi connectivity index (χ0n) is 8.81. The largest absolute Gasteiger partial charge is 0.299 e. The van der Waals surface area contributed by atoms with Crippen LogP contribution in [0.25, 0.3) is 0 Å². The van der Waals surface area contributed by atoms with E-state index in [1.807, 2.05) is 0 Å². The first-order valence-electron chi connectivity index (χ1n) is 5.34. The Morgan fingerprint density at radius 1 is 1.31 bits per heavy atom. The molecule has 0 rings (SSSR count). The standard InChI is InChI=1S/C11H21ClO/c1-3-5-7-10(4-2)11(13)8-6-9-12/h10H,3-9H2,1-2H3. The van der Waals surface area contributed by atoms with Crippen LogP contribution in [0.15, 0.2) is 0 Å². The fraction of sp³-hybridized carbons (Fsp3) is 0.909. The minimum Gasteiger partial charge on any atom is -0.299 e. The monoisotopic (exact) mass is 204 g/mol. The van der Waals surface area contributed by atoms with Crippen molar-refractivity contribution in [3.63, 3.8) is 0 Å². The van der Waals surface area contributed by atoms with Gasteiger partial charge in [-0.05, 0) is 19.3 Å². The SMILES string of the molecule is CCCCC(CC)C(=O)CCCCl. The molecule has 0 aliphatic rings. The number of halogens is 1. The zero-order chi connectivity index (χ0) is 10.1. The molecule has 0 aromatic heterocycles. The first-order chi connectivity index (χ1) is 6.26. The lowest BCUT2D eigenvalue weighted by atomic mass is 9.92. The Balaban J connectivity index is 3.71. The Kier molecular flexibility index (Phi) is 8.53. The van der Waals surface area contributed by atoms with Gasteiger partial charge in [0, 0.05) is 18.2 Å². The van der Waals surface area contributed by atoms with E-state index in [4.69, 9.17) is 11.6 Å². The number of hydrogen-bond acceptors (Lipinski definition) is 1. The summed E-state index contributed by atoms with van der Waals surface area (Å²) in [5.74, 6) is 1.32. The lowest BCUT2D eigenvalue weighted by Crippen LogP contribution is -2.13. The first-order valence-corrected chi connectivity index (χ1v) is 5.88. The molecule has 0 spiro atoms. The molecular weight excluding hydrogens is 184 g/mol. The molecule has 0 aliphatic heterocycles. The normalized spacial score (nSPS) is 12.8. The van der Waals surface area contributed by atoms with Crippen LogP contribution in [0.3, 0.4) is 0 Å². The van der Waals surface area contributed by atoms with Crippen LogP contribution >= 0.6 is 11.6 Å². The lowest BCUT2D eigenvalue weighted by molar-refractivity contribution is -0.123. The summed E-state index contributed by atoms with van der Waals surface area (Å²) in [6, 6.07) is 0. The lowest BCUT2D eigenvalue weighted by Gasteiger charge is -2.12. The van der Waals surface area contributed by atoms with Gasteiger partial charge in [-0.15, -0.1) is 11.6 Å². The molecule has 0 heterocycles. The third-order valence-electron chi connectivity index (χ3n) is 2.41. The number of Topliss-reactive ketones (excluding diaryl/α,β-unsaturated/α-hetero) is 1. The van der Waals surface area contributed by atoms with E-state index in [0.717, 1.165) is 19.3 Å². The second-order valence-corrected chi connectivity index (χ2v) is 3.88. The molecule has 13 heavy (non-hydrogen) atoms. The maximum Gasteiger partial charge on any atom is 0.136 e. The average Bonchev–Trinajstić information content (AvgIpc) is 2.16. The van der Waals surface area contributed by atoms with Crippen LogP contribution in [-0.4, -0.2) is 11.7 Å². The third-order valence-corrected chi connectivity index (χ3v) is 2.68. The van der Waals surface area contributed by atoms with Crippen LogP contribution in [0.4, 0.5) is 0 Å². The van der Waals surface area contributed by atoms with Gasteiger partial charge in [0.25, 0.3) is 0 Å². The van der Waals surface area contributed by atoms with Crippen LogP contribution in [0.2, 0.25) is 0 Å². The molecule has 0 N–H and O–H groups in total. The Morgan fingerprint density at radius 2 is 2.00 bits per heavy atom. The van der Waals surface area contributed by atoms with Gasteiger partial charge in [-0.1, -0.05) is 26.7 Å². The van der Waals surface area contributed by atoms with Crippen LogP contribution in [0.1, 0.15) is 52.4 Å². The molecule has 78 valence electrons. The van der Waals surface area contributed by atoms with Crippen molar-refractivity contribution < 1.29 is 4.79 Å². The molecule has 1 nitrogen and oxygen atoms in total. The minimum absolute atomic E-state index is 0.295. The number of alkyl halides is 1. The summed E-state index contributed by atoms with van der Waals surface area (Å²) in [7, 11) is 0. The Bertz CT molecular complexity index is 134. The molecule has 0 fully saturated rings. The zero-order valence-corrected chi connectivity index (χ0v) is 9.57. The van der Waals surface area contributed by atoms with E-state index < -0.39 is 0 Å². The van der Waals surface area contributed by atoms with Crippen LogP contribution in [0.5, 0.6) is 0 Å². The van der Waals surface area contributed by atoms with Crippen LogP contribution < -0.4 is 0 Å². The van der Waals surface area contributed by atoms with E-state index in [1.54, 1.807) is 0 Å². The van der Waals surface area contributed by atoms with Crippen molar-refractivity contribution in [3.05, 3.63) is 0 Å². The average molecular weight is 205 g/mol.